The van der Waals surface area contributed by atoms with Crippen molar-refractivity contribution in [3.63, 3.8) is 0 Å². The van der Waals surface area contributed by atoms with Crippen LogP contribution < -0.4 is 0 Å². The van der Waals surface area contributed by atoms with E-state index in [1.165, 1.54) is 16.7 Å². The fourth-order valence-electron chi connectivity index (χ4n) is 2.64. The van der Waals surface area contributed by atoms with E-state index in [4.69, 9.17) is 16.0 Å². The Hall–Kier alpha value is -2.16. The van der Waals surface area contributed by atoms with Gasteiger partial charge < -0.3 is 9.40 Å². The minimum atomic E-state index is -0.294. The van der Waals surface area contributed by atoms with Crippen molar-refractivity contribution in [3.8, 4) is 0 Å². The molecule has 0 spiro atoms. The molecule has 0 aliphatic carbocycles. The first-order chi connectivity index (χ1) is 12.9. The smallest absolute Gasteiger partial charge is 0.293 e. The van der Waals surface area contributed by atoms with Crippen LogP contribution >= 0.6 is 35.1 Å². The molecule has 1 aliphatic heterocycles. The number of imide groups is 1. The van der Waals surface area contributed by atoms with Crippen LogP contribution in [0.2, 0.25) is 5.02 Å². The molecule has 1 fully saturated rings. The molecule has 1 N–H and O–H groups in total. The first-order valence-electron chi connectivity index (χ1n) is 8.11. The van der Waals surface area contributed by atoms with Gasteiger partial charge in [-0.1, -0.05) is 17.7 Å². The minimum absolute atomic E-state index is 0.175. The largest absolute Gasteiger partial charge is 0.450 e. The van der Waals surface area contributed by atoms with Crippen molar-refractivity contribution in [2.45, 2.75) is 30.1 Å². The standard InChI is InChI=1S/C18H14ClN3O3S2/c1-9(2)22-16(23)13(26-18(22)24)8-10-6-7-14(25-10)27-17-20-12-5-3-4-11(19)15(12)21-17/h3-9H,1-2H3,(H,20,21)/b13-8-. The van der Waals surface area contributed by atoms with Crippen molar-refractivity contribution in [3.05, 3.63) is 46.0 Å². The number of thioether (sulfide) groups is 1. The van der Waals surface area contributed by atoms with Gasteiger partial charge in [0, 0.05) is 12.1 Å². The summed E-state index contributed by atoms with van der Waals surface area (Å²) in [5.41, 5.74) is 1.55. The number of carbonyl (C=O) groups is 2. The maximum Gasteiger partial charge on any atom is 0.293 e. The number of aromatic amines is 1. The van der Waals surface area contributed by atoms with E-state index in [9.17, 15) is 9.59 Å². The van der Waals surface area contributed by atoms with Crippen LogP contribution in [0, 0.1) is 0 Å². The summed E-state index contributed by atoms with van der Waals surface area (Å²) in [5, 5.41) is 1.58. The highest BCUT2D eigenvalue weighted by Crippen LogP contribution is 2.35. The zero-order valence-electron chi connectivity index (χ0n) is 14.4. The van der Waals surface area contributed by atoms with Crippen LogP contribution in [0.15, 0.2) is 49.9 Å². The number of fused-ring (bicyclic) bond motifs is 1. The number of aromatic nitrogens is 2. The Morgan fingerprint density at radius 2 is 2.11 bits per heavy atom. The minimum Gasteiger partial charge on any atom is -0.450 e. The van der Waals surface area contributed by atoms with E-state index >= 15 is 0 Å². The zero-order valence-corrected chi connectivity index (χ0v) is 16.7. The summed E-state index contributed by atoms with van der Waals surface area (Å²) in [6.07, 6.45) is 1.59. The molecule has 3 aromatic rings. The lowest BCUT2D eigenvalue weighted by atomic mass is 10.3. The van der Waals surface area contributed by atoms with Gasteiger partial charge in [0.2, 0.25) is 0 Å². The average molecular weight is 420 g/mol. The van der Waals surface area contributed by atoms with E-state index in [-0.39, 0.29) is 17.2 Å². The second kappa shape index (κ2) is 7.10. The number of nitrogens with zero attached hydrogens (tertiary/aromatic N) is 2. The van der Waals surface area contributed by atoms with Gasteiger partial charge >= 0.3 is 0 Å². The second-order valence-corrected chi connectivity index (χ2v) is 8.48. The lowest BCUT2D eigenvalue weighted by Gasteiger charge is -2.16. The molecule has 0 unspecified atom stereocenters. The number of H-pyrrole nitrogens is 1. The Morgan fingerprint density at radius 1 is 1.30 bits per heavy atom. The highest BCUT2D eigenvalue weighted by atomic mass is 35.5. The lowest BCUT2D eigenvalue weighted by Crippen LogP contribution is -2.34. The third-order valence-electron chi connectivity index (χ3n) is 3.85. The SMILES string of the molecule is CC(C)N1C(=O)S/C(=C\c2ccc(Sc3nc4c(Cl)cccc4[nH]3)o2)C1=O. The van der Waals surface area contributed by atoms with Gasteiger partial charge in [0.15, 0.2) is 10.2 Å². The van der Waals surface area contributed by atoms with Gasteiger partial charge in [0.1, 0.15) is 11.3 Å². The van der Waals surface area contributed by atoms with Crippen molar-refractivity contribution in [1.82, 2.24) is 14.9 Å². The third-order valence-corrected chi connectivity index (χ3v) is 5.85. The molecule has 2 aromatic heterocycles. The number of nitrogens with one attached hydrogen (secondary N) is 1. The average Bonchev–Trinajstić information content (AvgIpc) is 3.27. The molecular weight excluding hydrogens is 406 g/mol. The molecule has 3 heterocycles. The molecule has 2 amide bonds. The Kier molecular flexibility index (Phi) is 4.79. The van der Waals surface area contributed by atoms with Crippen molar-refractivity contribution < 1.29 is 14.0 Å². The summed E-state index contributed by atoms with van der Waals surface area (Å²) in [6.45, 7) is 3.61. The van der Waals surface area contributed by atoms with Crippen molar-refractivity contribution in [2.75, 3.05) is 0 Å². The number of hydrogen-bond acceptors (Lipinski definition) is 6. The van der Waals surface area contributed by atoms with E-state index in [0.29, 0.717) is 31.5 Å². The van der Waals surface area contributed by atoms with E-state index in [1.807, 2.05) is 12.1 Å². The van der Waals surface area contributed by atoms with Crippen LogP contribution in [-0.2, 0) is 4.79 Å². The Morgan fingerprint density at radius 3 is 2.81 bits per heavy atom. The molecule has 1 saturated heterocycles. The number of furan rings is 1. The van der Waals surface area contributed by atoms with Crippen LogP contribution in [0.1, 0.15) is 19.6 Å². The van der Waals surface area contributed by atoms with E-state index in [1.54, 1.807) is 38.1 Å². The monoisotopic (exact) mass is 419 g/mol. The van der Waals surface area contributed by atoms with E-state index < -0.39 is 0 Å². The number of imidazole rings is 1. The van der Waals surface area contributed by atoms with Crippen molar-refractivity contribution in [2.24, 2.45) is 0 Å². The molecule has 9 heteroatoms. The maximum absolute atomic E-state index is 12.3. The highest BCUT2D eigenvalue weighted by Gasteiger charge is 2.36. The van der Waals surface area contributed by atoms with Crippen LogP contribution in [-0.4, -0.2) is 32.1 Å². The Labute approximate surface area is 168 Å². The van der Waals surface area contributed by atoms with Crippen molar-refractivity contribution in [1.29, 1.82) is 0 Å². The van der Waals surface area contributed by atoms with Crippen LogP contribution in [0.3, 0.4) is 0 Å². The number of rotatable bonds is 4. The molecule has 6 nitrogen and oxygen atoms in total. The van der Waals surface area contributed by atoms with E-state index in [2.05, 4.69) is 9.97 Å². The number of carbonyl (C=O) groups excluding carboxylic acids is 2. The van der Waals surface area contributed by atoms with Gasteiger partial charge in [-0.2, -0.15) is 0 Å². The predicted molar refractivity (Wildman–Crippen MR) is 107 cm³/mol. The van der Waals surface area contributed by atoms with Gasteiger partial charge in [0.05, 0.1) is 15.4 Å². The molecule has 138 valence electrons. The Balaban J connectivity index is 1.54. The molecule has 0 radical (unpaired) electrons. The zero-order chi connectivity index (χ0) is 19.1. The number of benzene rings is 1. The predicted octanol–water partition coefficient (Wildman–Crippen LogP) is 5.41. The lowest BCUT2D eigenvalue weighted by molar-refractivity contribution is -0.123. The Bertz CT molecular complexity index is 1090. The topological polar surface area (TPSA) is 79.2 Å². The van der Waals surface area contributed by atoms with Gasteiger partial charge in [-0.25, -0.2) is 4.98 Å². The van der Waals surface area contributed by atoms with Crippen LogP contribution in [0.5, 0.6) is 0 Å². The number of hydrogen-bond donors (Lipinski definition) is 1. The fourth-order valence-corrected chi connectivity index (χ4v) is 4.56. The number of halogens is 1. The molecule has 4 rings (SSSR count). The first kappa shape index (κ1) is 18.2. The van der Waals surface area contributed by atoms with Gasteiger partial charge in [-0.15, -0.1) is 0 Å². The second-order valence-electron chi connectivity index (χ2n) is 6.08. The third kappa shape index (κ3) is 3.52. The van der Waals surface area contributed by atoms with Gasteiger partial charge in [0.25, 0.3) is 11.1 Å². The summed E-state index contributed by atoms with van der Waals surface area (Å²) in [7, 11) is 0. The molecule has 27 heavy (non-hydrogen) atoms. The number of amides is 2. The van der Waals surface area contributed by atoms with Crippen LogP contribution in [0.4, 0.5) is 4.79 Å². The summed E-state index contributed by atoms with van der Waals surface area (Å²) in [4.78, 5) is 33.5. The summed E-state index contributed by atoms with van der Waals surface area (Å²) in [6, 6.07) is 8.91. The maximum atomic E-state index is 12.3. The quantitative estimate of drug-likeness (QED) is 0.570. The molecule has 1 aromatic carbocycles. The molecule has 0 saturated carbocycles. The number of para-hydroxylation sites is 1. The van der Waals surface area contributed by atoms with Gasteiger partial charge in [-0.05, 0) is 61.6 Å². The first-order valence-corrected chi connectivity index (χ1v) is 10.1. The van der Waals surface area contributed by atoms with E-state index in [0.717, 1.165) is 17.3 Å². The highest BCUT2D eigenvalue weighted by molar-refractivity contribution is 8.18. The summed E-state index contributed by atoms with van der Waals surface area (Å²) < 4.78 is 5.75. The molecule has 1 aliphatic rings. The molecule has 0 atom stereocenters. The summed E-state index contributed by atoms with van der Waals surface area (Å²) in [5.74, 6) is 0.207. The van der Waals surface area contributed by atoms with Crippen LogP contribution in [0.25, 0.3) is 17.1 Å². The summed E-state index contributed by atoms with van der Waals surface area (Å²) >= 11 is 8.38. The fraction of sp³-hybridized carbons (Fsp3) is 0.167. The van der Waals surface area contributed by atoms with Crippen molar-refractivity contribution >= 4 is 63.4 Å². The van der Waals surface area contributed by atoms with Gasteiger partial charge in [-0.3, -0.25) is 14.5 Å². The molecule has 0 bridgehead atoms. The molecular formula is C18H14ClN3O3S2. The normalized spacial score (nSPS) is 16.4.